The van der Waals surface area contributed by atoms with Gasteiger partial charge >= 0.3 is 6.03 Å². The molecule has 1 fully saturated rings. The Morgan fingerprint density at radius 2 is 1.78 bits per heavy atom. The van der Waals surface area contributed by atoms with Crippen molar-refractivity contribution in [3.05, 3.63) is 76.0 Å². The summed E-state index contributed by atoms with van der Waals surface area (Å²) in [5, 5.41) is 2.86. The van der Waals surface area contributed by atoms with E-state index in [1.165, 1.54) is 6.08 Å². The molecule has 1 saturated heterocycles. The zero-order valence-corrected chi connectivity index (χ0v) is 18.2. The molecular formula is C23H16Cl2N2O5. The zero-order chi connectivity index (χ0) is 22.8. The van der Waals surface area contributed by atoms with Gasteiger partial charge in [-0.3, -0.25) is 14.9 Å². The lowest BCUT2D eigenvalue weighted by molar-refractivity contribution is -0.122. The Labute approximate surface area is 193 Å². The van der Waals surface area contributed by atoms with Gasteiger partial charge in [-0.25, -0.2) is 9.69 Å². The van der Waals surface area contributed by atoms with Crippen LogP contribution in [0.15, 0.2) is 64.6 Å². The summed E-state index contributed by atoms with van der Waals surface area (Å²) < 4.78 is 11.1. The Balaban J connectivity index is 1.65. The molecular weight excluding hydrogens is 455 g/mol. The number of imide groups is 2. The van der Waals surface area contributed by atoms with E-state index < -0.39 is 17.8 Å². The molecule has 162 valence electrons. The first kappa shape index (κ1) is 21.7. The van der Waals surface area contributed by atoms with Gasteiger partial charge in [0.2, 0.25) is 0 Å². The molecule has 0 saturated carbocycles. The maximum Gasteiger partial charge on any atom is 0.335 e. The quantitative estimate of drug-likeness (QED) is 0.402. The van der Waals surface area contributed by atoms with Crippen LogP contribution in [0.3, 0.4) is 0 Å². The van der Waals surface area contributed by atoms with Crippen LogP contribution < -0.4 is 15.0 Å². The number of carbonyl (C=O) groups is 3. The average Bonchev–Trinajstić information content (AvgIpc) is 3.23. The van der Waals surface area contributed by atoms with Crippen molar-refractivity contribution in [2.75, 3.05) is 11.5 Å². The predicted molar refractivity (Wildman–Crippen MR) is 121 cm³/mol. The first-order chi connectivity index (χ1) is 15.4. The summed E-state index contributed by atoms with van der Waals surface area (Å²) in [6.45, 7) is 2.33. The summed E-state index contributed by atoms with van der Waals surface area (Å²) in [5.74, 6) is -0.360. The van der Waals surface area contributed by atoms with E-state index in [2.05, 4.69) is 5.32 Å². The molecule has 0 bridgehead atoms. The van der Waals surface area contributed by atoms with E-state index in [9.17, 15) is 14.4 Å². The number of anilines is 1. The normalized spacial score (nSPS) is 15.3. The fourth-order valence-corrected chi connectivity index (χ4v) is 3.56. The van der Waals surface area contributed by atoms with Crippen LogP contribution in [0.1, 0.15) is 12.7 Å². The molecule has 4 amide bonds. The largest absolute Gasteiger partial charge is 0.494 e. The first-order valence-electron chi connectivity index (χ1n) is 9.57. The van der Waals surface area contributed by atoms with E-state index in [4.69, 9.17) is 32.4 Å². The van der Waals surface area contributed by atoms with E-state index in [1.807, 2.05) is 6.92 Å². The number of benzene rings is 2. The second kappa shape index (κ2) is 8.90. The van der Waals surface area contributed by atoms with Crippen molar-refractivity contribution < 1.29 is 23.5 Å². The minimum absolute atomic E-state index is 0.232. The Hall–Kier alpha value is -3.55. The summed E-state index contributed by atoms with van der Waals surface area (Å²) in [6, 6.07) is 13.9. The second-order valence-electron chi connectivity index (χ2n) is 6.69. The van der Waals surface area contributed by atoms with Crippen molar-refractivity contribution in [3.8, 4) is 17.1 Å². The third-order valence-electron chi connectivity index (χ3n) is 4.64. The maximum absolute atomic E-state index is 13.0. The van der Waals surface area contributed by atoms with E-state index in [0.29, 0.717) is 39.4 Å². The lowest BCUT2D eigenvalue weighted by Gasteiger charge is -2.26. The van der Waals surface area contributed by atoms with Crippen LogP contribution in [-0.4, -0.2) is 24.5 Å². The molecule has 2 heterocycles. The lowest BCUT2D eigenvalue weighted by Crippen LogP contribution is -2.54. The molecule has 1 N–H and O–H groups in total. The Bertz CT molecular complexity index is 1250. The summed E-state index contributed by atoms with van der Waals surface area (Å²) in [5.41, 5.74) is 0.603. The highest BCUT2D eigenvalue weighted by molar-refractivity contribution is 6.43. The van der Waals surface area contributed by atoms with Crippen LogP contribution in [0, 0.1) is 0 Å². The molecule has 0 aliphatic carbocycles. The molecule has 7 nitrogen and oxygen atoms in total. The number of nitrogens with one attached hydrogen (secondary N) is 1. The van der Waals surface area contributed by atoms with Crippen LogP contribution in [0.25, 0.3) is 17.4 Å². The van der Waals surface area contributed by atoms with Gasteiger partial charge < -0.3 is 9.15 Å². The molecule has 0 spiro atoms. The monoisotopic (exact) mass is 470 g/mol. The third-order valence-corrected chi connectivity index (χ3v) is 5.46. The molecule has 0 radical (unpaired) electrons. The van der Waals surface area contributed by atoms with Gasteiger partial charge in [0.25, 0.3) is 11.8 Å². The van der Waals surface area contributed by atoms with Gasteiger partial charge in [0.05, 0.1) is 22.3 Å². The van der Waals surface area contributed by atoms with Gasteiger partial charge in [-0.2, -0.15) is 0 Å². The number of carbonyl (C=O) groups excluding carboxylic acids is 3. The molecule has 1 aliphatic heterocycles. The van der Waals surface area contributed by atoms with Crippen LogP contribution in [0.5, 0.6) is 5.75 Å². The maximum atomic E-state index is 13.0. The van der Waals surface area contributed by atoms with Crippen molar-refractivity contribution in [3.63, 3.8) is 0 Å². The van der Waals surface area contributed by atoms with Crippen LogP contribution >= 0.6 is 23.2 Å². The minimum Gasteiger partial charge on any atom is -0.494 e. The first-order valence-corrected chi connectivity index (χ1v) is 10.3. The van der Waals surface area contributed by atoms with Gasteiger partial charge in [0, 0.05) is 5.56 Å². The molecule has 9 heteroatoms. The van der Waals surface area contributed by atoms with Gasteiger partial charge in [-0.05, 0) is 61.5 Å². The predicted octanol–water partition coefficient (Wildman–Crippen LogP) is 5.32. The van der Waals surface area contributed by atoms with E-state index in [1.54, 1.807) is 54.6 Å². The average molecular weight is 471 g/mol. The van der Waals surface area contributed by atoms with Crippen molar-refractivity contribution in [1.29, 1.82) is 0 Å². The number of ether oxygens (including phenoxy) is 1. The zero-order valence-electron chi connectivity index (χ0n) is 16.7. The standard InChI is InChI=1S/C23H16Cl2N2O5/c1-2-31-14-8-6-13(7-9-14)27-22(29)17(21(28)26-23(27)30)12-15-10-11-19(32-15)16-4-3-5-18(24)20(16)25/h3-12H,2H2,1H3,(H,26,28,30)/b17-12-. The van der Waals surface area contributed by atoms with Crippen molar-refractivity contribution in [1.82, 2.24) is 5.32 Å². The number of amides is 4. The molecule has 1 aliphatic rings. The number of hydrogen-bond donors (Lipinski definition) is 1. The minimum atomic E-state index is -0.841. The highest BCUT2D eigenvalue weighted by Gasteiger charge is 2.37. The summed E-state index contributed by atoms with van der Waals surface area (Å²) in [7, 11) is 0. The number of nitrogens with zero attached hydrogens (tertiary/aromatic N) is 1. The van der Waals surface area contributed by atoms with Gasteiger partial charge in [-0.1, -0.05) is 29.3 Å². The van der Waals surface area contributed by atoms with Crippen molar-refractivity contribution in [2.45, 2.75) is 6.92 Å². The highest BCUT2D eigenvalue weighted by Crippen LogP contribution is 2.35. The van der Waals surface area contributed by atoms with Crippen molar-refractivity contribution >= 4 is 52.8 Å². The lowest BCUT2D eigenvalue weighted by atomic mass is 10.1. The fraction of sp³-hybridized carbons (Fsp3) is 0.0870. The molecule has 32 heavy (non-hydrogen) atoms. The number of halogens is 2. The van der Waals surface area contributed by atoms with E-state index in [-0.39, 0.29) is 11.3 Å². The summed E-state index contributed by atoms with van der Waals surface area (Å²) in [6.07, 6.45) is 1.27. The van der Waals surface area contributed by atoms with Crippen LogP contribution in [0.2, 0.25) is 10.0 Å². The Morgan fingerprint density at radius 3 is 2.50 bits per heavy atom. The third kappa shape index (κ3) is 4.12. The molecule has 0 unspecified atom stereocenters. The van der Waals surface area contributed by atoms with Crippen molar-refractivity contribution in [2.24, 2.45) is 0 Å². The number of furan rings is 1. The molecule has 1 aromatic heterocycles. The Morgan fingerprint density at radius 1 is 1.03 bits per heavy atom. The summed E-state index contributed by atoms with van der Waals surface area (Å²) in [4.78, 5) is 38.6. The smallest absolute Gasteiger partial charge is 0.335 e. The number of rotatable bonds is 5. The van der Waals surface area contributed by atoms with Crippen LogP contribution in [0.4, 0.5) is 10.5 Å². The molecule has 2 aromatic carbocycles. The number of barbiturate groups is 1. The second-order valence-corrected chi connectivity index (χ2v) is 7.47. The van der Waals surface area contributed by atoms with E-state index in [0.717, 1.165) is 4.90 Å². The Kier molecular flexibility index (Phi) is 6.03. The SMILES string of the molecule is CCOc1ccc(N2C(=O)NC(=O)/C(=C/c3ccc(-c4cccc(Cl)c4Cl)o3)C2=O)cc1. The molecule has 4 rings (SSSR count). The number of hydrogen-bond acceptors (Lipinski definition) is 5. The van der Waals surface area contributed by atoms with Gasteiger partial charge in [-0.15, -0.1) is 0 Å². The van der Waals surface area contributed by atoms with Gasteiger partial charge in [0.1, 0.15) is 22.8 Å². The topological polar surface area (TPSA) is 88.8 Å². The summed E-state index contributed by atoms with van der Waals surface area (Å²) >= 11 is 12.3. The molecule has 0 atom stereocenters. The van der Waals surface area contributed by atoms with Gasteiger partial charge in [0.15, 0.2) is 0 Å². The fourth-order valence-electron chi connectivity index (χ4n) is 3.16. The molecule has 3 aromatic rings. The highest BCUT2D eigenvalue weighted by atomic mass is 35.5. The van der Waals surface area contributed by atoms with Crippen LogP contribution in [-0.2, 0) is 9.59 Å². The number of urea groups is 1. The van der Waals surface area contributed by atoms with E-state index >= 15 is 0 Å².